The molecule has 0 unspecified atom stereocenters. The predicted molar refractivity (Wildman–Crippen MR) is 103 cm³/mol. The van der Waals surface area contributed by atoms with Gasteiger partial charge in [0.1, 0.15) is 16.9 Å². The normalized spacial score (nSPS) is 24.9. The van der Waals surface area contributed by atoms with Crippen LogP contribution in [0.2, 0.25) is 0 Å². The predicted octanol–water partition coefficient (Wildman–Crippen LogP) is 2.46. The summed E-state index contributed by atoms with van der Waals surface area (Å²) < 4.78 is 0. The van der Waals surface area contributed by atoms with E-state index < -0.39 is 17.5 Å². The van der Waals surface area contributed by atoms with Crippen molar-refractivity contribution in [1.29, 1.82) is 0 Å². The highest BCUT2D eigenvalue weighted by molar-refractivity contribution is 5.94. The Bertz CT molecular complexity index is 890. The fourth-order valence-corrected chi connectivity index (χ4v) is 4.14. The van der Waals surface area contributed by atoms with Crippen molar-refractivity contribution in [2.75, 3.05) is 13.1 Å². The van der Waals surface area contributed by atoms with Gasteiger partial charge < -0.3 is 20.1 Å². The molecule has 3 N–H and O–H groups in total. The summed E-state index contributed by atoms with van der Waals surface area (Å²) >= 11 is 0. The molecule has 0 radical (unpaired) electrons. The van der Waals surface area contributed by atoms with Crippen molar-refractivity contribution < 1.29 is 19.8 Å². The van der Waals surface area contributed by atoms with E-state index in [1.165, 1.54) is 0 Å². The molecular weight excluding hydrogens is 358 g/mol. The minimum atomic E-state index is -1.29. The Morgan fingerprint density at radius 3 is 2.61 bits per heavy atom. The SMILES string of the molecule is Cc1[nH]c(-c2ccccc2)nc1C(=O)N1CC[C@@H](O)[C@](CC2CC2)(C(=O)O)C1. The lowest BCUT2D eigenvalue weighted by Crippen LogP contribution is -2.57. The van der Waals surface area contributed by atoms with E-state index in [-0.39, 0.29) is 18.9 Å². The first-order valence-corrected chi connectivity index (χ1v) is 9.73. The minimum absolute atomic E-state index is 0.0196. The summed E-state index contributed by atoms with van der Waals surface area (Å²) in [5, 5.41) is 20.4. The third-order valence-corrected chi connectivity index (χ3v) is 5.98. The summed E-state index contributed by atoms with van der Waals surface area (Å²) in [6.07, 6.45) is 1.74. The zero-order valence-electron chi connectivity index (χ0n) is 15.9. The number of benzene rings is 1. The summed E-state index contributed by atoms with van der Waals surface area (Å²) in [5.74, 6) is -0.365. The maximum absolute atomic E-state index is 13.2. The number of imidazole rings is 1. The molecule has 2 aromatic rings. The van der Waals surface area contributed by atoms with Crippen molar-refractivity contribution in [3.05, 3.63) is 41.7 Å². The van der Waals surface area contributed by atoms with Gasteiger partial charge in [-0.2, -0.15) is 0 Å². The zero-order valence-corrected chi connectivity index (χ0v) is 15.9. The highest BCUT2D eigenvalue weighted by Crippen LogP contribution is 2.45. The van der Waals surface area contributed by atoms with E-state index in [0.29, 0.717) is 36.1 Å². The molecule has 2 heterocycles. The standard InChI is InChI=1S/C21H25N3O4/c1-13-17(23-18(22-13)15-5-3-2-4-6-15)19(26)24-10-9-16(25)21(12-24,20(27)28)11-14-7-8-14/h2-6,14,16,25H,7-12H2,1H3,(H,22,23)(H,27,28)/t16-,21-/m1/s1. The van der Waals surface area contributed by atoms with Gasteiger partial charge in [-0.1, -0.05) is 43.2 Å². The van der Waals surface area contributed by atoms with Crippen molar-refractivity contribution in [3.63, 3.8) is 0 Å². The summed E-state index contributed by atoms with van der Waals surface area (Å²) in [4.78, 5) is 34.4. The van der Waals surface area contributed by atoms with Crippen LogP contribution in [0.25, 0.3) is 11.4 Å². The number of aliphatic hydroxyl groups is 1. The van der Waals surface area contributed by atoms with Crippen LogP contribution in [0, 0.1) is 18.3 Å². The molecule has 2 atom stereocenters. The molecule has 2 fully saturated rings. The minimum Gasteiger partial charge on any atom is -0.481 e. The number of amides is 1. The number of likely N-dealkylation sites (tertiary alicyclic amines) is 1. The molecule has 1 aliphatic heterocycles. The number of piperidine rings is 1. The molecule has 148 valence electrons. The maximum atomic E-state index is 13.2. The highest BCUT2D eigenvalue weighted by Gasteiger charge is 2.52. The fourth-order valence-electron chi connectivity index (χ4n) is 4.14. The second-order valence-corrected chi connectivity index (χ2v) is 8.07. The average molecular weight is 383 g/mol. The van der Waals surface area contributed by atoms with E-state index in [4.69, 9.17) is 0 Å². The first-order chi connectivity index (χ1) is 13.4. The van der Waals surface area contributed by atoms with E-state index in [9.17, 15) is 19.8 Å². The lowest BCUT2D eigenvalue weighted by atomic mass is 9.73. The van der Waals surface area contributed by atoms with Crippen LogP contribution in [0.5, 0.6) is 0 Å². The number of carbonyl (C=O) groups is 2. The Hall–Kier alpha value is -2.67. The van der Waals surface area contributed by atoms with Gasteiger partial charge in [-0.3, -0.25) is 9.59 Å². The summed E-state index contributed by atoms with van der Waals surface area (Å²) in [6, 6.07) is 9.54. The molecule has 1 aromatic carbocycles. The maximum Gasteiger partial charge on any atom is 0.314 e. The molecule has 1 aliphatic carbocycles. The molecule has 2 aliphatic rings. The van der Waals surface area contributed by atoms with Crippen molar-refractivity contribution in [3.8, 4) is 11.4 Å². The Kier molecular flexibility index (Phi) is 4.71. The van der Waals surface area contributed by atoms with E-state index in [0.717, 1.165) is 18.4 Å². The number of aromatic nitrogens is 2. The van der Waals surface area contributed by atoms with Gasteiger partial charge in [0.05, 0.1) is 6.10 Å². The Labute approximate surface area is 163 Å². The Morgan fingerprint density at radius 2 is 1.96 bits per heavy atom. The number of hydrogen-bond donors (Lipinski definition) is 3. The smallest absolute Gasteiger partial charge is 0.314 e. The molecule has 1 amide bonds. The second-order valence-electron chi connectivity index (χ2n) is 8.07. The van der Waals surface area contributed by atoms with E-state index in [1.54, 1.807) is 11.8 Å². The van der Waals surface area contributed by atoms with Gasteiger partial charge in [0.25, 0.3) is 5.91 Å². The van der Waals surface area contributed by atoms with Crippen LogP contribution in [0.15, 0.2) is 30.3 Å². The van der Waals surface area contributed by atoms with Crippen molar-refractivity contribution >= 4 is 11.9 Å². The molecule has 1 saturated carbocycles. The lowest BCUT2D eigenvalue weighted by Gasteiger charge is -2.43. The van der Waals surface area contributed by atoms with Gasteiger partial charge in [0.2, 0.25) is 0 Å². The second kappa shape index (κ2) is 7.05. The van der Waals surface area contributed by atoms with Crippen LogP contribution in [-0.2, 0) is 4.79 Å². The number of nitrogens with one attached hydrogen (secondary N) is 1. The number of rotatable bonds is 5. The van der Waals surface area contributed by atoms with Crippen LogP contribution in [0.4, 0.5) is 0 Å². The first kappa shape index (κ1) is 18.7. The molecule has 0 bridgehead atoms. The summed E-state index contributed by atoms with van der Waals surface area (Å²) in [5.41, 5.74) is 0.549. The Balaban J connectivity index is 1.59. The molecule has 0 spiro atoms. The average Bonchev–Trinajstić information content (AvgIpc) is 3.42. The number of aryl methyl sites for hydroxylation is 1. The van der Waals surface area contributed by atoms with E-state index >= 15 is 0 Å². The molecule has 7 heteroatoms. The number of carboxylic acid groups (broad SMARTS) is 1. The number of hydrogen-bond acceptors (Lipinski definition) is 4. The van der Waals surface area contributed by atoms with Crippen LogP contribution in [-0.4, -0.2) is 56.2 Å². The topological polar surface area (TPSA) is 107 Å². The van der Waals surface area contributed by atoms with Gasteiger partial charge in [-0.05, 0) is 25.7 Å². The van der Waals surface area contributed by atoms with Gasteiger partial charge in [0, 0.05) is 24.3 Å². The number of carbonyl (C=O) groups excluding carboxylic acids is 1. The number of aromatic amines is 1. The summed E-state index contributed by atoms with van der Waals surface area (Å²) in [7, 11) is 0. The van der Waals surface area contributed by atoms with Crippen LogP contribution < -0.4 is 0 Å². The number of nitrogens with zero attached hydrogens (tertiary/aromatic N) is 2. The number of H-pyrrole nitrogens is 1. The quantitative estimate of drug-likeness (QED) is 0.735. The summed E-state index contributed by atoms with van der Waals surface area (Å²) in [6.45, 7) is 2.14. The van der Waals surface area contributed by atoms with E-state index in [1.807, 2.05) is 30.3 Å². The molecule has 7 nitrogen and oxygen atoms in total. The van der Waals surface area contributed by atoms with Crippen molar-refractivity contribution in [2.24, 2.45) is 11.3 Å². The lowest BCUT2D eigenvalue weighted by molar-refractivity contribution is -0.163. The molecule has 1 saturated heterocycles. The number of carboxylic acids is 1. The van der Waals surface area contributed by atoms with Crippen LogP contribution in [0.1, 0.15) is 41.9 Å². The third kappa shape index (κ3) is 3.30. The molecule has 4 rings (SSSR count). The molecular formula is C21H25N3O4. The number of aliphatic hydroxyl groups excluding tert-OH is 1. The number of aliphatic carboxylic acids is 1. The molecule has 28 heavy (non-hydrogen) atoms. The van der Waals surface area contributed by atoms with Crippen LogP contribution >= 0.6 is 0 Å². The highest BCUT2D eigenvalue weighted by atomic mass is 16.4. The van der Waals surface area contributed by atoms with Crippen molar-refractivity contribution in [2.45, 2.75) is 38.7 Å². The fraction of sp³-hybridized carbons (Fsp3) is 0.476. The van der Waals surface area contributed by atoms with Crippen molar-refractivity contribution in [1.82, 2.24) is 14.9 Å². The van der Waals surface area contributed by atoms with Crippen LogP contribution in [0.3, 0.4) is 0 Å². The molecule has 1 aromatic heterocycles. The first-order valence-electron chi connectivity index (χ1n) is 9.73. The Morgan fingerprint density at radius 1 is 1.25 bits per heavy atom. The van der Waals surface area contributed by atoms with Gasteiger partial charge in [0.15, 0.2) is 0 Å². The monoisotopic (exact) mass is 383 g/mol. The van der Waals surface area contributed by atoms with Gasteiger partial charge in [-0.25, -0.2) is 4.98 Å². The third-order valence-electron chi connectivity index (χ3n) is 5.98. The largest absolute Gasteiger partial charge is 0.481 e. The van der Waals surface area contributed by atoms with Gasteiger partial charge in [-0.15, -0.1) is 0 Å². The zero-order chi connectivity index (χ0) is 19.9. The van der Waals surface area contributed by atoms with E-state index in [2.05, 4.69) is 9.97 Å². The van der Waals surface area contributed by atoms with Gasteiger partial charge >= 0.3 is 5.97 Å².